The molecule has 152 valence electrons. The average molecular weight is 599 g/mol. The Balaban J connectivity index is 0.000000659. The Labute approximate surface area is 173 Å². The molecular weight excluding hydrogens is 579 g/mol. The molecule has 2 aliphatic heterocycles. The van der Waals surface area contributed by atoms with E-state index in [1.165, 1.54) is 12.3 Å². The number of aliphatic hydroxyl groups excluding tert-OH is 1. The summed E-state index contributed by atoms with van der Waals surface area (Å²) in [6.45, 7) is 3.04. The first-order chi connectivity index (χ1) is 13.0. The van der Waals surface area contributed by atoms with Gasteiger partial charge < -0.3 is 25.3 Å². The van der Waals surface area contributed by atoms with Crippen LogP contribution in [0.15, 0.2) is 23.9 Å². The van der Waals surface area contributed by atoms with Crippen LogP contribution in [0.2, 0.25) is 0 Å². The van der Waals surface area contributed by atoms with Gasteiger partial charge >= 0.3 is 41.3 Å². The van der Waals surface area contributed by atoms with Crippen molar-refractivity contribution in [3.8, 4) is 0 Å². The van der Waals surface area contributed by atoms with Crippen molar-refractivity contribution in [2.24, 2.45) is 0 Å². The summed E-state index contributed by atoms with van der Waals surface area (Å²) in [5.41, 5.74) is 1.45. The summed E-state index contributed by atoms with van der Waals surface area (Å²) in [6, 6.07) is 3.28. The van der Waals surface area contributed by atoms with Gasteiger partial charge in [-0.2, -0.15) is 0 Å². The molecule has 1 aliphatic carbocycles. The summed E-state index contributed by atoms with van der Waals surface area (Å²) in [6.07, 6.45) is 2.14. The van der Waals surface area contributed by atoms with E-state index in [1.807, 2.05) is 9.80 Å². The first kappa shape index (κ1) is 20.9. The van der Waals surface area contributed by atoms with E-state index in [2.05, 4.69) is 5.32 Å². The van der Waals surface area contributed by atoms with Gasteiger partial charge in [-0.15, -0.1) is 0 Å². The van der Waals surface area contributed by atoms with Gasteiger partial charge in [0.1, 0.15) is 11.9 Å². The molecule has 0 amide bonds. The third-order valence-electron chi connectivity index (χ3n) is 4.89. The van der Waals surface area contributed by atoms with E-state index in [0.717, 1.165) is 39.0 Å². The van der Waals surface area contributed by atoms with Crippen LogP contribution >= 0.6 is 18.8 Å². The van der Waals surface area contributed by atoms with Gasteiger partial charge in [0.15, 0.2) is 0 Å². The molecule has 0 bridgehead atoms. The maximum absolute atomic E-state index is 14.6. The molecule has 2 heterocycles. The first-order valence-corrected chi connectivity index (χ1v) is 14.1. The number of piperazine rings is 1. The van der Waals surface area contributed by atoms with Crippen molar-refractivity contribution in [2.45, 2.75) is 25.0 Å². The number of fused-ring (bicyclic) bond motifs is 1. The van der Waals surface area contributed by atoms with Crippen LogP contribution in [0.5, 0.6) is 0 Å². The minimum atomic E-state index is -1.31. The van der Waals surface area contributed by atoms with Gasteiger partial charge in [-0.1, -0.05) is 0 Å². The Morgan fingerprint density at radius 3 is 2.41 bits per heavy atom. The van der Waals surface area contributed by atoms with E-state index in [4.69, 9.17) is 18.8 Å². The molecule has 10 heteroatoms. The second-order valence-corrected chi connectivity index (χ2v) is 9.86. The zero-order valence-electron chi connectivity index (χ0n) is 14.3. The van der Waals surface area contributed by atoms with Gasteiger partial charge in [0.2, 0.25) is 0 Å². The van der Waals surface area contributed by atoms with E-state index in [9.17, 15) is 19.4 Å². The molecule has 4 rings (SSSR count). The standard InChI is InChI=1S/C17H20FN3O3.2ClH.Pt/c18-13-7-11-14(8-15(13)20-5-3-19-4-6-20)21(10-1-2-10)9-12(16(11)22)17(23)24;;;/h7-10,16,19,22H,1-6H2,(H,23,24);2*1H;/q;;;+2/p-2. The third kappa shape index (κ3) is 4.60. The summed E-state index contributed by atoms with van der Waals surface area (Å²) >= 11 is -0.472. The maximum atomic E-state index is 14.6. The van der Waals surface area contributed by atoms with Gasteiger partial charge in [0, 0.05) is 49.7 Å². The predicted octanol–water partition coefficient (Wildman–Crippen LogP) is 2.60. The summed E-state index contributed by atoms with van der Waals surface area (Å²) in [7, 11) is 9.75. The molecule has 27 heavy (non-hydrogen) atoms. The number of nitrogens with one attached hydrogen (secondary N) is 1. The molecule has 1 unspecified atom stereocenters. The monoisotopic (exact) mass is 598 g/mol. The quantitative estimate of drug-likeness (QED) is 0.497. The number of rotatable bonds is 3. The van der Waals surface area contributed by atoms with Crippen LogP contribution in [0.4, 0.5) is 15.8 Å². The van der Waals surface area contributed by atoms with E-state index < -0.39 is 34.4 Å². The van der Waals surface area contributed by atoms with Crippen molar-refractivity contribution < 1.29 is 35.9 Å². The number of carboxylic acid groups (broad SMARTS) is 1. The van der Waals surface area contributed by atoms with E-state index in [-0.39, 0.29) is 11.6 Å². The van der Waals surface area contributed by atoms with E-state index in [1.54, 1.807) is 6.07 Å². The summed E-state index contributed by atoms with van der Waals surface area (Å²) in [4.78, 5) is 15.3. The fraction of sp³-hybridized carbons (Fsp3) is 0.471. The number of aliphatic carboxylic acids is 1. The number of aliphatic hydroxyl groups is 1. The molecule has 1 aromatic carbocycles. The number of benzene rings is 1. The number of carboxylic acids is 1. The summed E-state index contributed by atoms with van der Waals surface area (Å²) < 4.78 is 14.6. The van der Waals surface area contributed by atoms with E-state index >= 15 is 0 Å². The molecular formula is C17H20Cl2FN3O3Pt. The van der Waals surface area contributed by atoms with Crippen molar-refractivity contribution in [1.82, 2.24) is 5.32 Å². The molecule has 1 atom stereocenters. The number of hydrogen-bond donors (Lipinski definition) is 3. The van der Waals surface area contributed by atoms with Gasteiger partial charge in [-0.25, -0.2) is 9.18 Å². The zero-order chi connectivity index (χ0) is 19.6. The van der Waals surface area contributed by atoms with Crippen molar-refractivity contribution in [3.63, 3.8) is 0 Å². The SMILES string of the molecule is O=C(O)C1=CN(C2CC2)c2cc(N3CCNCC3)c(F)cc2C1O.[Cl][Pt][Cl]. The summed E-state index contributed by atoms with van der Waals surface area (Å²) in [5.74, 6) is -1.59. The second kappa shape index (κ2) is 9.10. The van der Waals surface area contributed by atoms with Crippen LogP contribution in [0, 0.1) is 5.82 Å². The number of halogens is 3. The number of nitrogens with zero attached hydrogens (tertiary/aromatic N) is 2. The Kier molecular flexibility index (Phi) is 7.03. The van der Waals surface area contributed by atoms with Crippen molar-refractivity contribution in [2.75, 3.05) is 36.0 Å². The van der Waals surface area contributed by atoms with Crippen LogP contribution in [0.25, 0.3) is 0 Å². The number of hydrogen-bond acceptors (Lipinski definition) is 5. The first-order valence-electron chi connectivity index (χ1n) is 8.50. The fourth-order valence-corrected chi connectivity index (χ4v) is 3.44. The molecule has 0 aromatic heterocycles. The summed E-state index contributed by atoms with van der Waals surface area (Å²) in [5, 5.41) is 22.9. The van der Waals surface area contributed by atoms with Crippen LogP contribution in [-0.4, -0.2) is 48.4 Å². The molecule has 1 saturated heterocycles. The molecule has 1 aromatic rings. The molecule has 3 aliphatic rings. The fourth-order valence-electron chi connectivity index (χ4n) is 3.44. The van der Waals surface area contributed by atoms with Crippen LogP contribution in [-0.2, 0) is 21.3 Å². The van der Waals surface area contributed by atoms with Crippen LogP contribution < -0.4 is 15.1 Å². The molecule has 0 radical (unpaired) electrons. The minimum absolute atomic E-state index is 0.108. The normalized spacial score (nSPS) is 21.9. The molecule has 6 nitrogen and oxygen atoms in total. The van der Waals surface area contributed by atoms with Crippen LogP contribution in [0.1, 0.15) is 24.5 Å². The Morgan fingerprint density at radius 1 is 1.22 bits per heavy atom. The van der Waals surface area contributed by atoms with Crippen molar-refractivity contribution >= 4 is 36.2 Å². The molecule has 1 saturated carbocycles. The average Bonchev–Trinajstić information content (AvgIpc) is 3.48. The predicted molar refractivity (Wildman–Crippen MR) is 99.4 cm³/mol. The van der Waals surface area contributed by atoms with E-state index in [0.29, 0.717) is 16.9 Å². The Bertz CT molecular complexity index is 742. The van der Waals surface area contributed by atoms with Gasteiger partial charge in [-0.05, 0) is 25.0 Å². The molecule has 2 fully saturated rings. The number of anilines is 2. The zero-order valence-corrected chi connectivity index (χ0v) is 18.1. The molecule has 3 N–H and O–H groups in total. The second-order valence-electron chi connectivity index (χ2n) is 6.58. The topological polar surface area (TPSA) is 76.0 Å². The Morgan fingerprint density at radius 2 is 1.85 bits per heavy atom. The van der Waals surface area contributed by atoms with Crippen LogP contribution in [0.3, 0.4) is 0 Å². The van der Waals surface area contributed by atoms with Crippen molar-refractivity contribution in [3.05, 3.63) is 35.3 Å². The number of carbonyl (C=O) groups is 1. The Hall–Kier alpha value is -0.852. The van der Waals surface area contributed by atoms with Crippen molar-refractivity contribution in [1.29, 1.82) is 0 Å². The third-order valence-corrected chi connectivity index (χ3v) is 4.89. The van der Waals surface area contributed by atoms with Gasteiger partial charge in [-0.3, -0.25) is 0 Å². The molecule has 0 spiro atoms. The van der Waals surface area contributed by atoms with Gasteiger partial charge in [0.05, 0.1) is 11.3 Å². The van der Waals surface area contributed by atoms with Gasteiger partial charge in [0.25, 0.3) is 0 Å².